The third-order valence-electron chi connectivity index (χ3n) is 5.25. The third kappa shape index (κ3) is 4.71. The van der Waals surface area contributed by atoms with Crippen molar-refractivity contribution in [2.45, 2.75) is 52.9 Å². The molecule has 0 radical (unpaired) electrons. The van der Waals surface area contributed by atoms with Crippen molar-refractivity contribution in [1.82, 2.24) is 10.2 Å². The van der Waals surface area contributed by atoms with Crippen molar-refractivity contribution >= 4 is 0 Å². The molecule has 0 saturated carbocycles. The topological polar surface area (TPSA) is 24.5 Å². The summed E-state index contributed by atoms with van der Waals surface area (Å²) in [5.41, 5.74) is 1.01. The molecule has 3 nitrogen and oxygen atoms in total. The van der Waals surface area contributed by atoms with Gasteiger partial charge in [0.05, 0.1) is 0 Å². The lowest BCUT2D eigenvalue weighted by Crippen LogP contribution is -2.50. The number of hydrogen-bond acceptors (Lipinski definition) is 3. The van der Waals surface area contributed by atoms with Crippen LogP contribution in [0.2, 0.25) is 0 Å². The lowest BCUT2D eigenvalue weighted by Gasteiger charge is -2.44. The maximum atomic E-state index is 5.61. The van der Waals surface area contributed by atoms with Crippen LogP contribution in [0, 0.1) is 10.8 Å². The predicted molar refractivity (Wildman–Crippen MR) is 85.1 cm³/mol. The van der Waals surface area contributed by atoms with Gasteiger partial charge in [0.2, 0.25) is 0 Å². The molecule has 3 heteroatoms. The Labute approximate surface area is 125 Å². The minimum Gasteiger partial charge on any atom is -0.381 e. The SMILES string of the molecule is CCCNCC1(CN2CCC(C)(C)CC2)CCOCC1. The highest BCUT2D eigenvalue weighted by atomic mass is 16.5. The van der Waals surface area contributed by atoms with Gasteiger partial charge in [-0.1, -0.05) is 20.8 Å². The maximum Gasteiger partial charge on any atom is 0.0472 e. The van der Waals surface area contributed by atoms with E-state index in [0.29, 0.717) is 10.8 Å². The van der Waals surface area contributed by atoms with Crippen LogP contribution in [0.4, 0.5) is 0 Å². The van der Waals surface area contributed by atoms with Gasteiger partial charge in [0.1, 0.15) is 0 Å². The monoisotopic (exact) mass is 282 g/mol. The first-order valence-corrected chi connectivity index (χ1v) is 8.56. The van der Waals surface area contributed by atoms with Crippen molar-refractivity contribution in [3.05, 3.63) is 0 Å². The fraction of sp³-hybridized carbons (Fsp3) is 1.00. The number of nitrogens with one attached hydrogen (secondary N) is 1. The van der Waals surface area contributed by atoms with Crippen LogP contribution in [0.5, 0.6) is 0 Å². The molecule has 2 heterocycles. The molecule has 0 aromatic rings. The largest absolute Gasteiger partial charge is 0.381 e. The van der Waals surface area contributed by atoms with Crippen molar-refractivity contribution < 1.29 is 4.74 Å². The normalized spacial score (nSPS) is 26.6. The first-order valence-electron chi connectivity index (χ1n) is 8.56. The molecular formula is C17H34N2O. The van der Waals surface area contributed by atoms with Crippen molar-refractivity contribution in [2.24, 2.45) is 10.8 Å². The van der Waals surface area contributed by atoms with Crippen LogP contribution < -0.4 is 5.32 Å². The quantitative estimate of drug-likeness (QED) is 0.758. The van der Waals surface area contributed by atoms with Crippen LogP contribution in [0.15, 0.2) is 0 Å². The molecule has 2 saturated heterocycles. The summed E-state index contributed by atoms with van der Waals surface area (Å²) in [6, 6.07) is 0. The van der Waals surface area contributed by atoms with Crippen LogP contribution in [0.25, 0.3) is 0 Å². The maximum absolute atomic E-state index is 5.61. The molecule has 20 heavy (non-hydrogen) atoms. The van der Waals surface area contributed by atoms with Gasteiger partial charge < -0.3 is 15.0 Å². The molecule has 0 aliphatic carbocycles. The van der Waals surface area contributed by atoms with Gasteiger partial charge in [-0.3, -0.25) is 0 Å². The van der Waals surface area contributed by atoms with Crippen LogP contribution in [-0.2, 0) is 4.74 Å². The van der Waals surface area contributed by atoms with E-state index in [1.165, 1.54) is 58.3 Å². The summed E-state index contributed by atoms with van der Waals surface area (Å²) >= 11 is 0. The van der Waals surface area contributed by atoms with Crippen molar-refractivity contribution in [2.75, 3.05) is 45.9 Å². The highest BCUT2D eigenvalue weighted by Crippen LogP contribution is 2.35. The van der Waals surface area contributed by atoms with Gasteiger partial charge in [-0.25, -0.2) is 0 Å². The van der Waals surface area contributed by atoms with Gasteiger partial charge in [0, 0.05) is 26.3 Å². The Hall–Kier alpha value is -0.120. The molecule has 118 valence electrons. The molecule has 1 N–H and O–H groups in total. The highest BCUT2D eigenvalue weighted by molar-refractivity contribution is 4.89. The van der Waals surface area contributed by atoms with Gasteiger partial charge in [-0.2, -0.15) is 0 Å². The van der Waals surface area contributed by atoms with E-state index in [2.05, 4.69) is 31.0 Å². The van der Waals surface area contributed by atoms with E-state index >= 15 is 0 Å². The summed E-state index contributed by atoms with van der Waals surface area (Å²) in [7, 11) is 0. The Bertz CT molecular complexity index is 275. The fourth-order valence-corrected chi connectivity index (χ4v) is 3.52. The number of rotatable bonds is 6. The fourth-order valence-electron chi connectivity index (χ4n) is 3.52. The molecule has 0 aromatic heterocycles. The van der Waals surface area contributed by atoms with Crippen LogP contribution in [-0.4, -0.2) is 50.8 Å². The molecule has 2 aliphatic heterocycles. The van der Waals surface area contributed by atoms with Crippen LogP contribution in [0.3, 0.4) is 0 Å². The molecule has 0 atom stereocenters. The van der Waals surface area contributed by atoms with Crippen molar-refractivity contribution in [3.8, 4) is 0 Å². The Kier molecular flexibility index (Phi) is 5.88. The molecule has 0 aromatic carbocycles. The second-order valence-corrected chi connectivity index (χ2v) is 7.73. The number of ether oxygens (including phenoxy) is 1. The second-order valence-electron chi connectivity index (χ2n) is 7.73. The molecule has 0 spiro atoms. The zero-order valence-electron chi connectivity index (χ0n) is 13.8. The van der Waals surface area contributed by atoms with E-state index in [-0.39, 0.29) is 0 Å². The summed E-state index contributed by atoms with van der Waals surface area (Å²) in [5.74, 6) is 0. The van der Waals surface area contributed by atoms with E-state index in [4.69, 9.17) is 4.74 Å². The highest BCUT2D eigenvalue weighted by Gasteiger charge is 2.36. The van der Waals surface area contributed by atoms with Gasteiger partial charge in [0.15, 0.2) is 0 Å². The summed E-state index contributed by atoms with van der Waals surface area (Å²) in [6.07, 6.45) is 6.38. The zero-order valence-corrected chi connectivity index (χ0v) is 13.8. The lowest BCUT2D eigenvalue weighted by molar-refractivity contribution is -0.0134. The third-order valence-corrected chi connectivity index (χ3v) is 5.25. The standard InChI is InChI=1S/C17H34N2O/c1-4-9-18-14-17(7-12-20-13-8-17)15-19-10-5-16(2,3)6-11-19/h18H,4-15H2,1-3H3. The first-order chi connectivity index (χ1) is 9.55. The summed E-state index contributed by atoms with van der Waals surface area (Å²) in [5, 5.41) is 3.67. The Morgan fingerprint density at radius 2 is 1.70 bits per heavy atom. The first kappa shape index (κ1) is 16.3. The van der Waals surface area contributed by atoms with E-state index < -0.39 is 0 Å². The van der Waals surface area contributed by atoms with Crippen molar-refractivity contribution in [1.29, 1.82) is 0 Å². The van der Waals surface area contributed by atoms with Crippen molar-refractivity contribution in [3.63, 3.8) is 0 Å². The van der Waals surface area contributed by atoms with E-state index in [1.54, 1.807) is 0 Å². The Morgan fingerprint density at radius 1 is 1.05 bits per heavy atom. The molecule has 2 aliphatic rings. The van der Waals surface area contributed by atoms with Gasteiger partial charge in [0.25, 0.3) is 0 Å². The van der Waals surface area contributed by atoms with Gasteiger partial charge in [-0.15, -0.1) is 0 Å². The van der Waals surface area contributed by atoms with Crippen LogP contribution in [0.1, 0.15) is 52.9 Å². The molecule has 2 fully saturated rings. The number of likely N-dealkylation sites (tertiary alicyclic amines) is 1. The van der Waals surface area contributed by atoms with Gasteiger partial charge in [-0.05, 0) is 62.6 Å². The number of hydrogen-bond donors (Lipinski definition) is 1. The number of nitrogens with zero attached hydrogens (tertiary/aromatic N) is 1. The Balaban J connectivity index is 1.87. The molecule has 0 unspecified atom stereocenters. The average Bonchev–Trinajstić information content (AvgIpc) is 2.43. The molecule has 0 bridgehead atoms. The van der Waals surface area contributed by atoms with E-state index in [1.807, 2.05) is 0 Å². The summed E-state index contributed by atoms with van der Waals surface area (Å²) in [6.45, 7) is 15.1. The van der Waals surface area contributed by atoms with Crippen LogP contribution >= 0.6 is 0 Å². The minimum absolute atomic E-state index is 0.453. The van der Waals surface area contributed by atoms with E-state index in [9.17, 15) is 0 Å². The second kappa shape index (κ2) is 7.24. The molecular weight excluding hydrogens is 248 g/mol. The summed E-state index contributed by atoms with van der Waals surface area (Å²) < 4.78 is 5.61. The summed E-state index contributed by atoms with van der Waals surface area (Å²) in [4.78, 5) is 2.71. The predicted octanol–water partition coefficient (Wildman–Crippen LogP) is 2.90. The molecule has 0 amide bonds. The van der Waals surface area contributed by atoms with Gasteiger partial charge >= 0.3 is 0 Å². The molecule has 2 rings (SSSR count). The number of piperidine rings is 1. The minimum atomic E-state index is 0.453. The Morgan fingerprint density at radius 3 is 2.30 bits per heavy atom. The average molecular weight is 282 g/mol. The zero-order chi connectivity index (χ0) is 14.5. The van der Waals surface area contributed by atoms with E-state index in [0.717, 1.165) is 19.8 Å². The smallest absolute Gasteiger partial charge is 0.0472 e. The lowest BCUT2D eigenvalue weighted by atomic mass is 9.77.